The lowest BCUT2D eigenvalue weighted by atomic mass is 10.0. The fraction of sp³-hybridized carbons (Fsp3) is 0.524. The van der Waals surface area contributed by atoms with Crippen molar-refractivity contribution < 1.29 is 4.79 Å². The maximum absolute atomic E-state index is 12.4. The summed E-state index contributed by atoms with van der Waals surface area (Å²) in [6, 6.07) is 7.21. The molecule has 1 aromatic heterocycles. The third-order valence-electron chi connectivity index (χ3n) is 4.88. The number of nitrogens with zero attached hydrogens (tertiary/aromatic N) is 2. The lowest BCUT2D eigenvalue weighted by molar-refractivity contribution is -0.121. The minimum Gasteiger partial charge on any atom is -0.361 e. The summed E-state index contributed by atoms with van der Waals surface area (Å²) in [6.45, 7) is 5.15. The molecule has 0 unspecified atom stereocenters. The summed E-state index contributed by atoms with van der Waals surface area (Å²) in [7, 11) is 1.67. The van der Waals surface area contributed by atoms with Gasteiger partial charge in [-0.15, -0.1) is 0 Å². The summed E-state index contributed by atoms with van der Waals surface area (Å²) in [5, 5.41) is 4.10. The Morgan fingerprint density at radius 2 is 2.00 bits per heavy atom. The normalized spacial score (nSPS) is 11.8. The zero-order chi connectivity index (χ0) is 21.2. The smallest absolute Gasteiger partial charge is 0.261 e. The van der Waals surface area contributed by atoms with Crippen LogP contribution in [0.2, 0.25) is 0 Å². The molecule has 0 radical (unpaired) electrons. The number of nitrogens with one attached hydrogen (secondary N) is 3. The van der Waals surface area contributed by atoms with E-state index in [1.54, 1.807) is 19.2 Å². The molecule has 0 aliphatic rings. The lowest BCUT2D eigenvalue weighted by Gasteiger charge is -2.15. The van der Waals surface area contributed by atoms with E-state index in [1.165, 1.54) is 23.8 Å². The summed E-state index contributed by atoms with van der Waals surface area (Å²) in [6.07, 6.45) is 5.41. The first-order valence-electron chi connectivity index (χ1n) is 10.2. The number of carbonyl (C=O) groups excluding carboxylic acids is 1. The van der Waals surface area contributed by atoms with Gasteiger partial charge in [0, 0.05) is 26.4 Å². The lowest BCUT2D eigenvalue weighted by Crippen LogP contribution is -2.47. The first-order valence-corrected chi connectivity index (χ1v) is 10.6. The Balaban J connectivity index is 1.76. The molecule has 29 heavy (non-hydrogen) atoms. The maximum Gasteiger partial charge on any atom is 0.261 e. The van der Waals surface area contributed by atoms with Crippen LogP contribution in [-0.2, 0) is 18.3 Å². The molecule has 1 heterocycles. The topological polar surface area (TPSA) is 88.1 Å². The average Bonchev–Trinajstić information content (AvgIpc) is 2.72. The molecule has 1 aromatic carbocycles. The summed E-state index contributed by atoms with van der Waals surface area (Å²) < 4.78 is 1.50. The highest BCUT2D eigenvalue weighted by atomic mass is 32.1. The molecule has 1 atom stereocenters. The molecular weight excluding hydrogens is 386 g/mol. The molecule has 3 N–H and O–H groups in total. The van der Waals surface area contributed by atoms with Crippen LogP contribution >= 0.6 is 12.2 Å². The molecule has 7 nitrogen and oxygen atoms in total. The first kappa shape index (κ1) is 22.8. The Bertz CT molecular complexity index is 896. The first-order chi connectivity index (χ1) is 13.9. The van der Waals surface area contributed by atoms with Gasteiger partial charge in [0.2, 0.25) is 5.91 Å². The van der Waals surface area contributed by atoms with Crippen LogP contribution in [0.1, 0.15) is 51.8 Å². The van der Waals surface area contributed by atoms with E-state index < -0.39 is 0 Å². The Hall–Kier alpha value is -2.48. The fourth-order valence-corrected chi connectivity index (χ4v) is 3.19. The second kappa shape index (κ2) is 11.5. The van der Waals surface area contributed by atoms with Gasteiger partial charge in [-0.1, -0.05) is 45.2 Å². The van der Waals surface area contributed by atoms with Gasteiger partial charge in [0.05, 0.1) is 10.9 Å². The molecule has 8 heteroatoms. The van der Waals surface area contributed by atoms with Gasteiger partial charge in [-0.25, -0.2) is 4.98 Å². The van der Waals surface area contributed by atoms with Gasteiger partial charge in [0.1, 0.15) is 5.82 Å². The number of fused-ring (bicyclic) bond motifs is 1. The number of hydrogen-bond donors (Lipinski definition) is 3. The third-order valence-corrected chi connectivity index (χ3v) is 5.12. The minimum atomic E-state index is -0.215. The third kappa shape index (κ3) is 7.12. The summed E-state index contributed by atoms with van der Waals surface area (Å²) in [5.74, 6) is 0.885. The molecular formula is C21H31N5O2S. The quantitative estimate of drug-likeness (QED) is 0.330. The number of thiocarbonyl (C=S) groups is 1. The number of benzene rings is 1. The van der Waals surface area contributed by atoms with Crippen molar-refractivity contribution in [2.75, 3.05) is 6.54 Å². The van der Waals surface area contributed by atoms with Crippen molar-refractivity contribution in [3.8, 4) is 0 Å². The fourth-order valence-electron chi connectivity index (χ4n) is 3.06. The molecule has 0 spiro atoms. The highest BCUT2D eigenvalue weighted by Gasteiger charge is 2.10. The maximum atomic E-state index is 12.4. The second-order valence-corrected chi connectivity index (χ2v) is 7.80. The molecule has 0 fully saturated rings. The number of hydrazine groups is 1. The van der Waals surface area contributed by atoms with Crippen molar-refractivity contribution in [1.82, 2.24) is 25.7 Å². The van der Waals surface area contributed by atoms with Crippen molar-refractivity contribution in [3.63, 3.8) is 0 Å². The zero-order valence-electron chi connectivity index (χ0n) is 17.5. The molecule has 158 valence electrons. The van der Waals surface area contributed by atoms with E-state index in [0.29, 0.717) is 34.2 Å². The number of carbonyl (C=O) groups is 1. The highest BCUT2D eigenvalue weighted by molar-refractivity contribution is 7.80. The van der Waals surface area contributed by atoms with Gasteiger partial charge in [-0.3, -0.25) is 25.0 Å². The van der Waals surface area contributed by atoms with Crippen molar-refractivity contribution in [1.29, 1.82) is 0 Å². The standard InChI is InChI=1S/C21H31N5O2S/c1-4-5-6-9-15(2)14-22-21(29)25-24-19(27)13-12-18-23-17-11-8-7-10-16(17)20(28)26(18)3/h7-8,10-11,15H,4-6,9,12-14H2,1-3H3,(H,24,27)(H2,22,25,29)/t15-/m1/s1. The van der Waals surface area contributed by atoms with Gasteiger partial charge >= 0.3 is 0 Å². The predicted octanol–water partition coefficient (Wildman–Crippen LogP) is 2.58. The second-order valence-electron chi connectivity index (χ2n) is 7.39. The number of hydrogen-bond acceptors (Lipinski definition) is 4. The molecule has 0 bridgehead atoms. The molecule has 0 saturated carbocycles. The number of amides is 1. The van der Waals surface area contributed by atoms with Crippen LogP contribution in [0.4, 0.5) is 0 Å². The highest BCUT2D eigenvalue weighted by Crippen LogP contribution is 2.09. The van der Waals surface area contributed by atoms with Crippen LogP contribution in [-0.4, -0.2) is 27.1 Å². The largest absolute Gasteiger partial charge is 0.361 e. The predicted molar refractivity (Wildman–Crippen MR) is 120 cm³/mol. The summed E-state index contributed by atoms with van der Waals surface area (Å²) in [4.78, 5) is 29.0. The van der Waals surface area contributed by atoms with E-state index >= 15 is 0 Å². The van der Waals surface area contributed by atoms with Crippen LogP contribution in [0, 0.1) is 5.92 Å². The SMILES string of the molecule is CCCCC[C@@H](C)CNC(=S)NNC(=O)CCc1nc2ccccc2c(=O)n1C. The van der Waals surface area contributed by atoms with E-state index in [0.717, 1.165) is 13.0 Å². The van der Waals surface area contributed by atoms with Crippen LogP contribution in [0.25, 0.3) is 10.9 Å². The van der Waals surface area contributed by atoms with Crippen molar-refractivity contribution >= 4 is 34.1 Å². The monoisotopic (exact) mass is 417 g/mol. The van der Waals surface area contributed by atoms with Crippen LogP contribution in [0.3, 0.4) is 0 Å². The molecule has 1 amide bonds. The van der Waals surface area contributed by atoms with E-state index in [2.05, 4.69) is 35.0 Å². The Morgan fingerprint density at radius 3 is 2.76 bits per heavy atom. The van der Waals surface area contributed by atoms with Gasteiger partial charge < -0.3 is 5.32 Å². The van der Waals surface area contributed by atoms with E-state index in [1.807, 2.05) is 12.1 Å². The van der Waals surface area contributed by atoms with E-state index in [4.69, 9.17) is 12.2 Å². The molecule has 0 aliphatic carbocycles. The Labute approximate surface area is 177 Å². The van der Waals surface area contributed by atoms with Crippen LogP contribution in [0.15, 0.2) is 29.1 Å². The van der Waals surface area contributed by atoms with Gasteiger partial charge in [-0.2, -0.15) is 0 Å². The van der Waals surface area contributed by atoms with Gasteiger partial charge in [-0.05, 0) is 36.7 Å². The molecule has 0 aliphatic heterocycles. The van der Waals surface area contributed by atoms with Crippen molar-refractivity contribution in [2.24, 2.45) is 13.0 Å². The zero-order valence-corrected chi connectivity index (χ0v) is 18.3. The number of para-hydroxylation sites is 1. The van der Waals surface area contributed by atoms with E-state index in [-0.39, 0.29) is 17.9 Å². The number of aromatic nitrogens is 2. The van der Waals surface area contributed by atoms with Gasteiger partial charge in [0.15, 0.2) is 5.11 Å². The van der Waals surface area contributed by atoms with Gasteiger partial charge in [0.25, 0.3) is 5.56 Å². The molecule has 2 aromatic rings. The molecule has 0 saturated heterocycles. The van der Waals surface area contributed by atoms with Crippen LogP contribution in [0.5, 0.6) is 0 Å². The van der Waals surface area contributed by atoms with Crippen molar-refractivity contribution in [2.45, 2.75) is 52.4 Å². The number of rotatable bonds is 9. The Morgan fingerprint density at radius 1 is 1.24 bits per heavy atom. The Kier molecular flexibility index (Phi) is 9.05. The molecule has 2 rings (SSSR count). The number of aryl methyl sites for hydroxylation is 1. The van der Waals surface area contributed by atoms with E-state index in [9.17, 15) is 9.59 Å². The minimum absolute atomic E-state index is 0.109. The van der Waals surface area contributed by atoms with Crippen molar-refractivity contribution in [3.05, 3.63) is 40.4 Å². The summed E-state index contributed by atoms with van der Waals surface area (Å²) >= 11 is 5.20. The summed E-state index contributed by atoms with van der Waals surface area (Å²) in [5.41, 5.74) is 5.85. The van der Waals surface area contributed by atoms with Crippen LogP contribution < -0.4 is 21.7 Å². The number of unbranched alkanes of at least 4 members (excludes halogenated alkanes) is 2. The average molecular weight is 418 g/mol.